The number of nitrogens with zero attached hydrogens (tertiary/aromatic N) is 3. The highest BCUT2D eigenvalue weighted by molar-refractivity contribution is 5.95. The lowest BCUT2D eigenvalue weighted by atomic mass is 10.1. The molecule has 0 radical (unpaired) electrons. The molecule has 1 amide bonds. The van der Waals surface area contributed by atoms with Crippen LogP contribution >= 0.6 is 0 Å². The fraction of sp³-hybridized carbons (Fsp3) is 0.150. The lowest BCUT2D eigenvalue weighted by Gasteiger charge is -2.22. The van der Waals surface area contributed by atoms with Gasteiger partial charge in [0.1, 0.15) is 11.5 Å². The molecule has 3 aromatic rings. The van der Waals surface area contributed by atoms with Crippen molar-refractivity contribution in [1.82, 2.24) is 4.90 Å². The Morgan fingerprint density at radius 1 is 0.931 bits per heavy atom. The molecule has 0 saturated heterocycles. The van der Waals surface area contributed by atoms with E-state index in [1.807, 2.05) is 30.3 Å². The monoisotopic (exact) mass is 395 g/mol. The molecule has 9 nitrogen and oxygen atoms in total. The minimum Gasteiger partial charge on any atom is -0.464 e. The van der Waals surface area contributed by atoms with Crippen LogP contribution < -0.4 is 0 Å². The fourth-order valence-corrected chi connectivity index (χ4v) is 2.87. The van der Waals surface area contributed by atoms with Gasteiger partial charge in [0.2, 0.25) is 0 Å². The molecule has 2 aromatic carbocycles. The van der Waals surface area contributed by atoms with Crippen LogP contribution in [-0.2, 0) is 13.1 Å². The SMILES string of the molecule is Cc1ccc(CN(Cc2ccccc2)C(=O)c2cc([N+](=O)[O-])cc([N+](=O)[O-])c2)o1. The molecule has 3 rings (SSSR count). The third-order valence-corrected chi connectivity index (χ3v) is 4.22. The molecule has 0 aliphatic rings. The van der Waals surface area contributed by atoms with Gasteiger partial charge in [-0.05, 0) is 24.6 Å². The Morgan fingerprint density at radius 3 is 2.07 bits per heavy atom. The maximum Gasteiger partial charge on any atom is 0.277 e. The molecule has 0 aliphatic carbocycles. The van der Waals surface area contributed by atoms with E-state index in [1.54, 1.807) is 19.1 Å². The summed E-state index contributed by atoms with van der Waals surface area (Å²) in [4.78, 5) is 35.3. The number of hydrogen-bond acceptors (Lipinski definition) is 6. The molecule has 1 heterocycles. The van der Waals surface area contributed by atoms with Gasteiger partial charge < -0.3 is 9.32 Å². The summed E-state index contributed by atoms with van der Waals surface area (Å²) in [6, 6.07) is 15.6. The predicted molar refractivity (Wildman–Crippen MR) is 103 cm³/mol. The quantitative estimate of drug-likeness (QED) is 0.436. The second-order valence-corrected chi connectivity index (χ2v) is 6.41. The van der Waals surface area contributed by atoms with Crippen LogP contribution in [0.25, 0.3) is 0 Å². The molecule has 0 aliphatic heterocycles. The molecular weight excluding hydrogens is 378 g/mol. The minimum atomic E-state index is -0.763. The lowest BCUT2D eigenvalue weighted by molar-refractivity contribution is -0.394. The second-order valence-electron chi connectivity index (χ2n) is 6.41. The van der Waals surface area contributed by atoms with E-state index < -0.39 is 27.1 Å². The summed E-state index contributed by atoms with van der Waals surface area (Å²) in [7, 11) is 0. The summed E-state index contributed by atoms with van der Waals surface area (Å²) in [5.74, 6) is 0.638. The van der Waals surface area contributed by atoms with Crippen molar-refractivity contribution >= 4 is 17.3 Å². The van der Waals surface area contributed by atoms with Gasteiger partial charge in [-0.3, -0.25) is 25.0 Å². The van der Waals surface area contributed by atoms with Gasteiger partial charge in [0.05, 0.1) is 28.0 Å². The standard InChI is InChI=1S/C20H17N3O6/c1-14-7-8-19(29-14)13-21(12-15-5-3-2-4-6-15)20(24)16-9-17(22(25)26)11-18(10-16)23(27)28/h2-11H,12-13H2,1H3. The molecule has 0 saturated carbocycles. The third-order valence-electron chi connectivity index (χ3n) is 4.22. The first-order valence-corrected chi connectivity index (χ1v) is 8.66. The van der Waals surface area contributed by atoms with Crippen molar-refractivity contribution in [3.05, 3.63) is 104 Å². The highest BCUT2D eigenvalue weighted by atomic mass is 16.6. The second kappa shape index (κ2) is 8.34. The summed E-state index contributed by atoms with van der Waals surface area (Å²) in [6.07, 6.45) is 0. The average Bonchev–Trinajstić information content (AvgIpc) is 3.12. The van der Waals surface area contributed by atoms with E-state index in [2.05, 4.69) is 0 Å². The molecule has 0 spiro atoms. The number of aryl methyl sites for hydroxylation is 1. The highest BCUT2D eigenvalue weighted by Crippen LogP contribution is 2.25. The molecule has 0 fully saturated rings. The van der Waals surface area contributed by atoms with Gasteiger partial charge in [0, 0.05) is 18.7 Å². The Labute approximate surface area is 165 Å². The Balaban J connectivity index is 1.98. The van der Waals surface area contributed by atoms with E-state index in [-0.39, 0.29) is 18.7 Å². The van der Waals surface area contributed by atoms with E-state index in [1.165, 1.54) is 4.90 Å². The maximum absolute atomic E-state index is 13.1. The molecule has 148 valence electrons. The molecular formula is C20H17N3O6. The van der Waals surface area contributed by atoms with E-state index in [4.69, 9.17) is 4.42 Å². The van der Waals surface area contributed by atoms with Crippen molar-refractivity contribution < 1.29 is 19.1 Å². The van der Waals surface area contributed by atoms with Gasteiger partial charge in [-0.15, -0.1) is 0 Å². The van der Waals surface area contributed by atoms with Gasteiger partial charge in [0.25, 0.3) is 17.3 Å². The molecule has 0 atom stereocenters. The van der Waals surface area contributed by atoms with Crippen LogP contribution in [0.2, 0.25) is 0 Å². The normalized spacial score (nSPS) is 10.5. The van der Waals surface area contributed by atoms with Crippen LogP contribution in [0, 0.1) is 27.2 Å². The Hall–Kier alpha value is -4.01. The number of nitro groups is 2. The topological polar surface area (TPSA) is 120 Å². The number of benzene rings is 2. The predicted octanol–water partition coefficient (Wildman–Crippen LogP) is 4.25. The number of non-ortho nitro benzene ring substituents is 2. The van der Waals surface area contributed by atoms with Crippen molar-refractivity contribution in [3.63, 3.8) is 0 Å². The zero-order valence-electron chi connectivity index (χ0n) is 15.5. The third kappa shape index (κ3) is 4.83. The molecule has 1 aromatic heterocycles. The van der Waals surface area contributed by atoms with Crippen molar-refractivity contribution in [1.29, 1.82) is 0 Å². The zero-order chi connectivity index (χ0) is 21.0. The fourth-order valence-electron chi connectivity index (χ4n) is 2.87. The van der Waals surface area contributed by atoms with Crippen molar-refractivity contribution in [2.45, 2.75) is 20.0 Å². The van der Waals surface area contributed by atoms with Crippen molar-refractivity contribution in [2.24, 2.45) is 0 Å². The van der Waals surface area contributed by atoms with Gasteiger partial charge in [0.15, 0.2) is 0 Å². The smallest absolute Gasteiger partial charge is 0.277 e. The molecule has 29 heavy (non-hydrogen) atoms. The first kappa shape index (κ1) is 19.7. The molecule has 0 N–H and O–H groups in total. The van der Waals surface area contributed by atoms with Crippen LogP contribution in [0.3, 0.4) is 0 Å². The number of nitro benzene ring substituents is 2. The summed E-state index contributed by atoms with van der Waals surface area (Å²) >= 11 is 0. The van der Waals surface area contributed by atoms with Gasteiger partial charge in [-0.25, -0.2) is 0 Å². The van der Waals surface area contributed by atoms with E-state index in [0.717, 1.165) is 23.8 Å². The lowest BCUT2D eigenvalue weighted by Crippen LogP contribution is -2.30. The highest BCUT2D eigenvalue weighted by Gasteiger charge is 2.24. The van der Waals surface area contributed by atoms with Crippen molar-refractivity contribution in [3.8, 4) is 0 Å². The Morgan fingerprint density at radius 2 is 1.55 bits per heavy atom. The first-order chi connectivity index (χ1) is 13.8. The number of carbonyl (C=O) groups excluding carboxylic acids is 1. The number of carbonyl (C=O) groups is 1. The Kier molecular flexibility index (Phi) is 5.68. The van der Waals surface area contributed by atoms with E-state index >= 15 is 0 Å². The van der Waals surface area contributed by atoms with Crippen LogP contribution in [-0.4, -0.2) is 20.7 Å². The summed E-state index contributed by atoms with van der Waals surface area (Å²) in [5.41, 5.74) is -0.332. The van der Waals surface area contributed by atoms with Gasteiger partial charge in [-0.2, -0.15) is 0 Å². The van der Waals surface area contributed by atoms with E-state index in [0.29, 0.717) is 11.5 Å². The summed E-state index contributed by atoms with van der Waals surface area (Å²) in [6.45, 7) is 2.09. The number of hydrogen-bond donors (Lipinski definition) is 0. The summed E-state index contributed by atoms with van der Waals surface area (Å²) in [5, 5.41) is 22.3. The number of amides is 1. The van der Waals surface area contributed by atoms with Crippen LogP contribution in [0.15, 0.2) is 65.1 Å². The van der Waals surface area contributed by atoms with Crippen molar-refractivity contribution in [2.75, 3.05) is 0 Å². The van der Waals surface area contributed by atoms with Crippen LogP contribution in [0.1, 0.15) is 27.4 Å². The number of furan rings is 1. The average molecular weight is 395 g/mol. The largest absolute Gasteiger partial charge is 0.464 e. The minimum absolute atomic E-state index is 0.109. The molecule has 0 bridgehead atoms. The number of rotatable bonds is 7. The molecule has 0 unspecified atom stereocenters. The zero-order valence-corrected chi connectivity index (χ0v) is 15.5. The van der Waals surface area contributed by atoms with Gasteiger partial charge in [-0.1, -0.05) is 30.3 Å². The van der Waals surface area contributed by atoms with Gasteiger partial charge >= 0.3 is 0 Å². The van der Waals surface area contributed by atoms with Crippen LogP contribution in [0.5, 0.6) is 0 Å². The van der Waals surface area contributed by atoms with E-state index in [9.17, 15) is 25.0 Å². The van der Waals surface area contributed by atoms with Crippen LogP contribution in [0.4, 0.5) is 11.4 Å². The summed E-state index contributed by atoms with van der Waals surface area (Å²) < 4.78 is 5.55. The molecule has 9 heteroatoms. The Bertz CT molecular complexity index is 1030. The maximum atomic E-state index is 13.1. The first-order valence-electron chi connectivity index (χ1n) is 8.66.